The van der Waals surface area contributed by atoms with E-state index in [1.54, 1.807) is 0 Å². The van der Waals surface area contributed by atoms with Crippen molar-refractivity contribution in [1.82, 2.24) is 0 Å². The van der Waals surface area contributed by atoms with E-state index in [-0.39, 0.29) is 102 Å². The van der Waals surface area contributed by atoms with Crippen LogP contribution in [0.2, 0.25) is 0 Å². The minimum absolute atomic E-state index is 0. The molecule has 4 rings (SSSR count). The van der Waals surface area contributed by atoms with Gasteiger partial charge >= 0.3 is 52.4 Å². The molecule has 0 N–H and O–H groups in total. The minimum atomic E-state index is 0. The summed E-state index contributed by atoms with van der Waals surface area (Å²) in [5, 5.41) is 0. The molecule has 4 aliphatic carbocycles. The number of allylic oxidation sites excluding steroid dienone is 16. The average molecular weight is 655 g/mol. The Morgan fingerprint density at radius 1 is 0.806 bits per heavy atom. The molecule has 166 valence electrons. The Balaban J connectivity index is -0.0000000635. The molecule has 0 atom stereocenters. The van der Waals surface area contributed by atoms with E-state index in [2.05, 4.69) is 89.3 Å². The van der Waals surface area contributed by atoms with Crippen LogP contribution in [0.25, 0.3) is 0 Å². The van der Waals surface area contributed by atoms with Crippen LogP contribution in [0.3, 0.4) is 0 Å². The zero-order valence-electron chi connectivity index (χ0n) is 18.9. The standard InChI is InChI=1S/2C7H9.C6H7.C5H5.4ClH.2Zr/c1-6-3-4-7(2)5-6;1-6-4-3-5-7(6)2;1-6-4-2-3-5-6;1-2-4-5-3-1;;;;;;/h2*3H,4H2,1-2H3;2,4H,3H2,1H3;1-3H,4H2;4*1H;;/q4*-1;;;;;2*+4/p-4. The molecule has 4 aliphatic rings. The van der Waals surface area contributed by atoms with Gasteiger partial charge in [0.2, 0.25) is 0 Å². The van der Waals surface area contributed by atoms with Crippen molar-refractivity contribution < 1.29 is 102 Å². The number of rotatable bonds is 0. The van der Waals surface area contributed by atoms with Crippen molar-refractivity contribution in [2.45, 2.75) is 60.3 Å². The Bertz CT molecular complexity index is 667. The van der Waals surface area contributed by atoms with Gasteiger partial charge in [-0.1, -0.05) is 40.5 Å². The fourth-order valence-electron chi connectivity index (χ4n) is 2.23. The van der Waals surface area contributed by atoms with Crippen LogP contribution in [-0.4, -0.2) is 0 Å². The molecule has 0 heterocycles. The first-order valence-electron chi connectivity index (χ1n) is 8.95. The summed E-state index contributed by atoms with van der Waals surface area (Å²) in [5.74, 6) is 0. The van der Waals surface area contributed by atoms with Gasteiger partial charge in [-0.05, 0) is 0 Å². The van der Waals surface area contributed by atoms with Gasteiger partial charge in [-0.15, -0.1) is 19.8 Å². The molecule has 0 bridgehead atoms. The Labute approximate surface area is 254 Å². The maximum Gasteiger partial charge on any atom is 4.00 e. The molecular formula is C25H30Cl4Zr2. The topological polar surface area (TPSA) is 0 Å². The van der Waals surface area contributed by atoms with Crippen LogP contribution in [-0.2, 0) is 52.4 Å². The van der Waals surface area contributed by atoms with Gasteiger partial charge < -0.3 is 49.6 Å². The van der Waals surface area contributed by atoms with Crippen molar-refractivity contribution in [1.29, 1.82) is 0 Å². The summed E-state index contributed by atoms with van der Waals surface area (Å²) in [6, 6.07) is 0. The predicted molar refractivity (Wildman–Crippen MR) is 109 cm³/mol. The summed E-state index contributed by atoms with van der Waals surface area (Å²) >= 11 is 0. The first-order valence-corrected chi connectivity index (χ1v) is 8.95. The van der Waals surface area contributed by atoms with E-state index < -0.39 is 0 Å². The van der Waals surface area contributed by atoms with Crippen LogP contribution in [0.4, 0.5) is 0 Å². The van der Waals surface area contributed by atoms with Crippen molar-refractivity contribution in [3.05, 3.63) is 94.7 Å². The van der Waals surface area contributed by atoms with E-state index in [1.165, 1.54) is 27.9 Å². The third kappa shape index (κ3) is 25.3. The van der Waals surface area contributed by atoms with Gasteiger partial charge in [-0.2, -0.15) is 23.8 Å². The number of hydrogen-bond donors (Lipinski definition) is 0. The molecule has 0 aliphatic heterocycles. The van der Waals surface area contributed by atoms with Crippen molar-refractivity contribution in [3.8, 4) is 0 Å². The number of hydrogen-bond acceptors (Lipinski definition) is 0. The minimum Gasteiger partial charge on any atom is -1.00 e. The molecular weight excluding hydrogens is 625 g/mol. The Kier molecular flexibility index (Phi) is 42.3. The van der Waals surface area contributed by atoms with Gasteiger partial charge in [0.1, 0.15) is 0 Å². The molecule has 6 heteroatoms. The molecule has 0 spiro atoms. The largest absolute Gasteiger partial charge is 4.00 e. The molecule has 0 aromatic carbocycles. The maximum atomic E-state index is 3.19. The molecule has 0 amide bonds. The molecule has 0 radical (unpaired) electrons. The second kappa shape index (κ2) is 28.9. The molecule has 0 aromatic heterocycles. The van der Waals surface area contributed by atoms with Crippen LogP contribution in [0.15, 0.2) is 70.4 Å². The fraction of sp³-hybridized carbons (Fsp3) is 0.360. The second-order valence-electron chi connectivity index (χ2n) is 6.42. The van der Waals surface area contributed by atoms with Crippen LogP contribution >= 0.6 is 0 Å². The van der Waals surface area contributed by atoms with Gasteiger partial charge in [0.05, 0.1) is 0 Å². The van der Waals surface area contributed by atoms with Gasteiger partial charge in [-0.25, -0.2) is 46.6 Å². The Morgan fingerprint density at radius 3 is 1.58 bits per heavy atom. The van der Waals surface area contributed by atoms with E-state index in [0.29, 0.717) is 0 Å². The van der Waals surface area contributed by atoms with E-state index in [0.717, 1.165) is 25.7 Å². The van der Waals surface area contributed by atoms with Crippen molar-refractivity contribution in [2.24, 2.45) is 0 Å². The van der Waals surface area contributed by atoms with Gasteiger partial charge in [0.15, 0.2) is 0 Å². The normalized spacial score (nSPS) is 15.1. The molecule has 0 fully saturated rings. The third-order valence-corrected chi connectivity index (χ3v) is 3.94. The van der Waals surface area contributed by atoms with Crippen LogP contribution in [0.5, 0.6) is 0 Å². The fourth-order valence-corrected chi connectivity index (χ4v) is 2.23. The average Bonchev–Trinajstić information content (AvgIpc) is 3.35. The zero-order valence-corrected chi connectivity index (χ0v) is 26.8. The second-order valence-corrected chi connectivity index (χ2v) is 6.42. The van der Waals surface area contributed by atoms with Gasteiger partial charge in [0.25, 0.3) is 0 Å². The smallest absolute Gasteiger partial charge is 1.00 e. The summed E-state index contributed by atoms with van der Waals surface area (Å²) in [6.07, 6.45) is 31.2. The monoisotopic (exact) mass is 650 g/mol. The molecule has 0 aromatic rings. The molecule has 31 heavy (non-hydrogen) atoms. The predicted octanol–water partition coefficient (Wildman–Crippen LogP) is -4.82. The molecule has 0 saturated heterocycles. The van der Waals surface area contributed by atoms with Crippen molar-refractivity contribution >= 4 is 0 Å². The maximum absolute atomic E-state index is 3.19. The first-order chi connectivity index (χ1) is 12.0. The summed E-state index contributed by atoms with van der Waals surface area (Å²) in [4.78, 5) is 0. The van der Waals surface area contributed by atoms with Gasteiger partial charge in [-0.3, -0.25) is 24.3 Å². The first kappa shape index (κ1) is 45.4. The molecule has 0 nitrogen and oxygen atoms in total. The van der Waals surface area contributed by atoms with E-state index in [1.807, 2.05) is 12.2 Å². The summed E-state index contributed by atoms with van der Waals surface area (Å²) in [6.45, 7) is 10.5. The Morgan fingerprint density at radius 2 is 1.45 bits per heavy atom. The summed E-state index contributed by atoms with van der Waals surface area (Å²) < 4.78 is 0. The van der Waals surface area contributed by atoms with E-state index in [9.17, 15) is 0 Å². The molecule has 0 saturated carbocycles. The van der Waals surface area contributed by atoms with Gasteiger partial charge in [0, 0.05) is 0 Å². The summed E-state index contributed by atoms with van der Waals surface area (Å²) in [7, 11) is 0. The Hall–Kier alpha value is 0.846. The zero-order chi connectivity index (χ0) is 18.5. The van der Waals surface area contributed by atoms with Crippen LogP contribution in [0.1, 0.15) is 60.3 Å². The van der Waals surface area contributed by atoms with Crippen molar-refractivity contribution in [3.63, 3.8) is 0 Å². The molecule has 0 unspecified atom stereocenters. The van der Waals surface area contributed by atoms with Crippen LogP contribution < -0.4 is 49.6 Å². The van der Waals surface area contributed by atoms with Crippen LogP contribution in [0, 0.1) is 24.3 Å². The SMILES string of the molecule is CC1=C(C)CC=[C-]1.CC1=[C-]C(C)=CC1.CC1=[C-]CC=C1.[C-]1=CC=CC1.[Cl-].[Cl-].[Cl-].[Cl-].[Zr+4].[Zr+4]. The van der Waals surface area contributed by atoms with Crippen molar-refractivity contribution in [2.75, 3.05) is 0 Å². The number of halogens is 4. The summed E-state index contributed by atoms with van der Waals surface area (Å²) in [5.41, 5.74) is 6.70. The quantitative estimate of drug-likeness (QED) is 0.230. The third-order valence-electron chi connectivity index (χ3n) is 3.94. The van der Waals surface area contributed by atoms with E-state index >= 15 is 0 Å². The van der Waals surface area contributed by atoms with E-state index in [4.69, 9.17) is 0 Å².